The van der Waals surface area contributed by atoms with Gasteiger partial charge in [-0.15, -0.1) is 0 Å². The van der Waals surface area contributed by atoms with Crippen molar-refractivity contribution in [2.24, 2.45) is 0 Å². The van der Waals surface area contributed by atoms with E-state index in [1.807, 2.05) is 0 Å². The number of ether oxygens (including phenoxy) is 1. The van der Waals surface area contributed by atoms with Gasteiger partial charge in [0.15, 0.2) is 0 Å². The van der Waals surface area contributed by atoms with Crippen molar-refractivity contribution in [3.63, 3.8) is 0 Å². The molecule has 1 amide bonds. The van der Waals surface area contributed by atoms with Gasteiger partial charge in [0.25, 0.3) is 0 Å². The van der Waals surface area contributed by atoms with Crippen molar-refractivity contribution in [2.45, 2.75) is 16.5 Å². The van der Waals surface area contributed by atoms with Crippen molar-refractivity contribution < 1.29 is 22.7 Å². The van der Waals surface area contributed by atoms with Crippen molar-refractivity contribution in [2.75, 3.05) is 12.4 Å². The lowest BCUT2D eigenvalue weighted by Crippen LogP contribution is -2.19. The summed E-state index contributed by atoms with van der Waals surface area (Å²) in [7, 11) is 1.52. The first-order valence-electron chi connectivity index (χ1n) is 8.67. The standard InChI is InChI=1S/C21H16ClF3N2O2S/c1-29-16-9-5-8-15(11-16)27-19(28)18(13-6-3-2-4-7-13)30-20-17(22)10-14(12-26-20)21(23,24)25/h2-12,18H,1H3,(H,27,28)/t18-/m1/s1. The molecule has 0 bridgehead atoms. The Morgan fingerprint density at radius 1 is 1.13 bits per heavy atom. The van der Waals surface area contributed by atoms with Crippen LogP contribution >= 0.6 is 23.4 Å². The van der Waals surface area contributed by atoms with Crippen LogP contribution in [0.4, 0.5) is 18.9 Å². The number of anilines is 1. The summed E-state index contributed by atoms with van der Waals surface area (Å²) in [6, 6.07) is 16.5. The van der Waals surface area contributed by atoms with E-state index in [2.05, 4.69) is 10.3 Å². The number of alkyl halides is 3. The van der Waals surface area contributed by atoms with E-state index in [1.54, 1.807) is 54.6 Å². The van der Waals surface area contributed by atoms with Gasteiger partial charge in [0.1, 0.15) is 16.0 Å². The number of methoxy groups -OCH3 is 1. The lowest BCUT2D eigenvalue weighted by molar-refractivity contribution is -0.137. The van der Waals surface area contributed by atoms with Gasteiger partial charge in [0, 0.05) is 18.0 Å². The molecule has 0 saturated heterocycles. The first-order valence-corrected chi connectivity index (χ1v) is 9.93. The topological polar surface area (TPSA) is 51.2 Å². The average Bonchev–Trinajstić information content (AvgIpc) is 2.72. The van der Waals surface area contributed by atoms with Crippen LogP contribution < -0.4 is 10.1 Å². The second-order valence-corrected chi connectivity index (χ2v) is 7.64. The summed E-state index contributed by atoms with van der Waals surface area (Å²) in [6.07, 6.45) is -3.85. The van der Waals surface area contributed by atoms with E-state index in [1.165, 1.54) is 7.11 Å². The molecule has 0 aliphatic heterocycles. The molecule has 2 aromatic carbocycles. The van der Waals surface area contributed by atoms with Crippen LogP contribution in [-0.4, -0.2) is 18.0 Å². The molecule has 4 nitrogen and oxygen atoms in total. The zero-order chi connectivity index (χ0) is 21.7. The van der Waals surface area contributed by atoms with E-state index in [4.69, 9.17) is 16.3 Å². The number of nitrogens with zero attached hydrogens (tertiary/aromatic N) is 1. The molecule has 0 spiro atoms. The third-order valence-electron chi connectivity index (χ3n) is 4.04. The van der Waals surface area contributed by atoms with Crippen LogP contribution in [0.15, 0.2) is 71.9 Å². The van der Waals surface area contributed by atoms with Crippen molar-refractivity contribution in [1.29, 1.82) is 0 Å². The summed E-state index contributed by atoms with van der Waals surface area (Å²) in [4.78, 5) is 16.9. The van der Waals surface area contributed by atoms with E-state index >= 15 is 0 Å². The molecule has 0 aliphatic rings. The van der Waals surface area contributed by atoms with Gasteiger partial charge in [0.05, 0.1) is 17.7 Å². The average molecular weight is 453 g/mol. The zero-order valence-corrected chi connectivity index (χ0v) is 17.2. The van der Waals surface area contributed by atoms with Gasteiger partial charge < -0.3 is 10.1 Å². The van der Waals surface area contributed by atoms with Gasteiger partial charge in [-0.3, -0.25) is 4.79 Å². The van der Waals surface area contributed by atoms with Crippen LogP contribution in [0.1, 0.15) is 16.4 Å². The molecule has 1 heterocycles. The third kappa shape index (κ3) is 5.46. The Morgan fingerprint density at radius 2 is 1.87 bits per heavy atom. The number of rotatable bonds is 6. The number of halogens is 4. The number of carbonyl (C=O) groups is 1. The van der Waals surface area contributed by atoms with Crippen LogP contribution in [-0.2, 0) is 11.0 Å². The molecule has 0 radical (unpaired) electrons. The molecular formula is C21H16ClF3N2O2S. The highest BCUT2D eigenvalue weighted by atomic mass is 35.5. The highest BCUT2D eigenvalue weighted by Crippen LogP contribution is 2.40. The molecule has 0 fully saturated rings. The molecule has 30 heavy (non-hydrogen) atoms. The van der Waals surface area contributed by atoms with Gasteiger partial charge >= 0.3 is 6.18 Å². The molecule has 0 saturated carbocycles. The molecule has 1 atom stereocenters. The molecule has 3 aromatic rings. The Morgan fingerprint density at radius 3 is 2.50 bits per heavy atom. The number of benzene rings is 2. The molecule has 0 aliphatic carbocycles. The van der Waals surface area contributed by atoms with E-state index in [-0.39, 0.29) is 16.0 Å². The first-order chi connectivity index (χ1) is 14.3. The molecule has 9 heteroatoms. The minimum Gasteiger partial charge on any atom is -0.497 e. The van der Waals surface area contributed by atoms with Gasteiger partial charge in [-0.2, -0.15) is 13.2 Å². The molecular weight excluding hydrogens is 437 g/mol. The Hall–Kier alpha value is -2.71. The maximum Gasteiger partial charge on any atom is 0.417 e. The number of amides is 1. The predicted octanol–water partition coefficient (Wildman–Crippen LogP) is 6.23. The van der Waals surface area contributed by atoms with E-state index < -0.39 is 17.0 Å². The maximum atomic E-state index is 13.0. The summed E-state index contributed by atoms with van der Waals surface area (Å²) >= 11 is 7.01. The van der Waals surface area contributed by atoms with Crippen molar-refractivity contribution in [3.8, 4) is 5.75 Å². The molecule has 1 N–H and O–H groups in total. The highest BCUT2D eigenvalue weighted by molar-refractivity contribution is 8.00. The zero-order valence-electron chi connectivity index (χ0n) is 15.6. The van der Waals surface area contributed by atoms with E-state index in [9.17, 15) is 18.0 Å². The van der Waals surface area contributed by atoms with Crippen LogP contribution in [0.25, 0.3) is 0 Å². The van der Waals surface area contributed by atoms with Crippen LogP contribution in [0, 0.1) is 0 Å². The van der Waals surface area contributed by atoms with Crippen LogP contribution in [0.5, 0.6) is 5.75 Å². The van der Waals surface area contributed by atoms with Crippen LogP contribution in [0.2, 0.25) is 5.02 Å². The van der Waals surface area contributed by atoms with Crippen LogP contribution in [0.3, 0.4) is 0 Å². The number of hydrogen-bond donors (Lipinski definition) is 1. The minimum atomic E-state index is -4.55. The van der Waals surface area contributed by atoms with Gasteiger partial charge in [-0.1, -0.05) is 59.8 Å². The molecule has 3 rings (SSSR count). The van der Waals surface area contributed by atoms with Crippen molar-refractivity contribution >= 4 is 35.0 Å². The van der Waals surface area contributed by atoms with E-state index in [0.717, 1.165) is 17.8 Å². The number of pyridine rings is 1. The largest absolute Gasteiger partial charge is 0.497 e. The summed E-state index contributed by atoms with van der Waals surface area (Å²) < 4.78 is 43.8. The van der Waals surface area contributed by atoms with Gasteiger partial charge in [0.2, 0.25) is 5.91 Å². The molecule has 156 valence electrons. The Kier molecular flexibility index (Phi) is 6.89. The summed E-state index contributed by atoms with van der Waals surface area (Å²) in [5.74, 6) is 0.196. The quantitative estimate of drug-likeness (QED) is 0.450. The summed E-state index contributed by atoms with van der Waals surface area (Å²) in [5.41, 5.74) is 0.224. The Labute approximate surface area is 180 Å². The Bertz CT molecular complexity index is 1030. The minimum absolute atomic E-state index is 0.124. The van der Waals surface area contributed by atoms with E-state index in [0.29, 0.717) is 23.2 Å². The monoisotopic (exact) mass is 452 g/mol. The molecule has 0 unspecified atom stereocenters. The first kappa shape index (κ1) is 22.0. The predicted molar refractivity (Wildman–Crippen MR) is 111 cm³/mol. The lowest BCUT2D eigenvalue weighted by atomic mass is 10.1. The smallest absolute Gasteiger partial charge is 0.417 e. The molecule has 1 aromatic heterocycles. The number of nitrogens with one attached hydrogen (secondary N) is 1. The van der Waals surface area contributed by atoms with Gasteiger partial charge in [-0.25, -0.2) is 4.98 Å². The number of carbonyl (C=O) groups excluding carboxylic acids is 1. The number of aromatic nitrogens is 1. The fraction of sp³-hybridized carbons (Fsp3) is 0.143. The third-order valence-corrected chi connectivity index (χ3v) is 5.71. The fourth-order valence-electron chi connectivity index (χ4n) is 2.59. The fourth-order valence-corrected chi connectivity index (χ4v) is 3.86. The second-order valence-electron chi connectivity index (χ2n) is 6.14. The maximum absolute atomic E-state index is 13.0. The van der Waals surface area contributed by atoms with Crippen molar-refractivity contribution in [1.82, 2.24) is 4.98 Å². The van der Waals surface area contributed by atoms with Crippen molar-refractivity contribution in [3.05, 3.63) is 83.0 Å². The van der Waals surface area contributed by atoms with Gasteiger partial charge in [-0.05, 0) is 23.8 Å². The lowest BCUT2D eigenvalue weighted by Gasteiger charge is -2.18. The number of hydrogen-bond acceptors (Lipinski definition) is 4. The Balaban J connectivity index is 1.89. The summed E-state index contributed by atoms with van der Waals surface area (Å²) in [5, 5.41) is 1.96. The SMILES string of the molecule is COc1cccc(NC(=O)[C@H](Sc2ncc(C(F)(F)F)cc2Cl)c2ccccc2)c1. The normalized spacial score (nSPS) is 12.3. The summed E-state index contributed by atoms with van der Waals surface area (Å²) in [6.45, 7) is 0. The second kappa shape index (κ2) is 9.40. The number of thioether (sulfide) groups is 1. The highest BCUT2D eigenvalue weighted by Gasteiger charge is 2.32.